The van der Waals surface area contributed by atoms with E-state index in [9.17, 15) is 4.79 Å². The maximum Gasteiger partial charge on any atom is 0.126 e. The molecule has 1 aliphatic rings. The number of aldehydes is 1. The van der Waals surface area contributed by atoms with Crippen LogP contribution in [0.4, 0.5) is 0 Å². The molecule has 1 rings (SSSR count). The molecule has 1 aliphatic carbocycles. The van der Waals surface area contributed by atoms with Crippen molar-refractivity contribution < 1.29 is 4.79 Å². The fraction of sp³-hybridized carbons (Fsp3) is 0.588. The van der Waals surface area contributed by atoms with Crippen molar-refractivity contribution >= 4 is 6.29 Å². The van der Waals surface area contributed by atoms with Crippen molar-refractivity contribution in [1.82, 2.24) is 0 Å². The summed E-state index contributed by atoms with van der Waals surface area (Å²) in [5.41, 5.74) is 3.83. The number of hydrogen-bond donors (Lipinski definition) is 0. The fourth-order valence-corrected chi connectivity index (χ4v) is 2.76. The Morgan fingerprint density at radius 2 is 2.22 bits per heavy atom. The first-order chi connectivity index (χ1) is 8.51. The molecule has 0 amide bonds. The Labute approximate surface area is 112 Å². The Morgan fingerprint density at radius 3 is 2.78 bits per heavy atom. The first kappa shape index (κ1) is 14.9. The van der Waals surface area contributed by atoms with E-state index in [-0.39, 0.29) is 5.41 Å². The monoisotopic (exact) mass is 246 g/mol. The van der Waals surface area contributed by atoms with E-state index in [0.717, 1.165) is 44.1 Å². The molecule has 0 saturated carbocycles. The third kappa shape index (κ3) is 4.29. The summed E-state index contributed by atoms with van der Waals surface area (Å²) in [6.07, 6.45) is 11.7. The zero-order valence-corrected chi connectivity index (χ0v) is 12.1. The van der Waals surface area contributed by atoms with Gasteiger partial charge in [0.1, 0.15) is 6.29 Å². The Balaban J connectivity index is 2.65. The summed E-state index contributed by atoms with van der Waals surface area (Å²) in [5, 5.41) is 0. The summed E-state index contributed by atoms with van der Waals surface area (Å²) < 4.78 is 0. The molecule has 0 radical (unpaired) electrons. The molecular weight excluding hydrogens is 220 g/mol. The summed E-state index contributed by atoms with van der Waals surface area (Å²) >= 11 is 0. The topological polar surface area (TPSA) is 17.1 Å². The van der Waals surface area contributed by atoms with Gasteiger partial charge in [-0.3, -0.25) is 0 Å². The molecule has 0 heterocycles. The van der Waals surface area contributed by atoms with Gasteiger partial charge >= 0.3 is 0 Å². The van der Waals surface area contributed by atoms with E-state index in [2.05, 4.69) is 32.6 Å². The van der Waals surface area contributed by atoms with Crippen molar-refractivity contribution in [1.29, 1.82) is 0 Å². The molecule has 0 aromatic heterocycles. The number of rotatable bonds is 6. The zero-order valence-electron chi connectivity index (χ0n) is 12.1. The zero-order chi connectivity index (χ0) is 13.6. The van der Waals surface area contributed by atoms with E-state index in [0.29, 0.717) is 0 Å². The van der Waals surface area contributed by atoms with Crippen LogP contribution in [-0.4, -0.2) is 6.29 Å². The SMILES string of the molecule is C=C(C)CC1(C=O)CCC=C(CCC(C)=CC)C1. The molecule has 1 heteroatoms. The van der Waals surface area contributed by atoms with E-state index < -0.39 is 0 Å². The van der Waals surface area contributed by atoms with Crippen LogP contribution in [0.15, 0.2) is 35.5 Å². The maximum atomic E-state index is 11.5. The van der Waals surface area contributed by atoms with Gasteiger partial charge in [-0.1, -0.05) is 28.9 Å². The molecule has 1 nitrogen and oxygen atoms in total. The lowest BCUT2D eigenvalue weighted by Crippen LogP contribution is -2.26. The van der Waals surface area contributed by atoms with Gasteiger partial charge in [-0.05, 0) is 59.3 Å². The molecule has 0 aromatic carbocycles. The van der Waals surface area contributed by atoms with Gasteiger partial charge in [0.15, 0.2) is 0 Å². The molecule has 0 saturated heterocycles. The van der Waals surface area contributed by atoms with E-state index in [1.807, 2.05) is 6.92 Å². The van der Waals surface area contributed by atoms with Crippen LogP contribution in [-0.2, 0) is 4.79 Å². The molecular formula is C17H26O. The molecule has 1 atom stereocenters. The third-order valence-electron chi connectivity index (χ3n) is 3.89. The second-order valence-corrected chi connectivity index (χ2v) is 5.83. The van der Waals surface area contributed by atoms with Crippen LogP contribution in [0, 0.1) is 5.41 Å². The van der Waals surface area contributed by atoms with E-state index in [4.69, 9.17) is 0 Å². The Hall–Kier alpha value is -1.11. The van der Waals surface area contributed by atoms with Gasteiger partial charge in [0.2, 0.25) is 0 Å². The van der Waals surface area contributed by atoms with Crippen molar-refractivity contribution in [3.05, 3.63) is 35.5 Å². The van der Waals surface area contributed by atoms with Gasteiger partial charge < -0.3 is 4.79 Å². The van der Waals surface area contributed by atoms with Gasteiger partial charge in [-0.15, -0.1) is 6.58 Å². The number of carbonyl (C=O) groups excluding carboxylic acids is 1. The minimum atomic E-state index is -0.167. The van der Waals surface area contributed by atoms with Gasteiger partial charge in [-0.25, -0.2) is 0 Å². The minimum absolute atomic E-state index is 0.167. The summed E-state index contributed by atoms with van der Waals surface area (Å²) in [5.74, 6) is 0. The fourth-order valence-electron chi connectivity index (χ4n) is 2.76. The summed E-state index contributed by atoms with van der Waals surface area (Å²) in [6.45, 7) is 10.2. The second kappa shape index (κ2) is 6.72. The smallest absolute Gasteiger partial charge is 0.126 e. The van der Waals surface area contributed by atoms with Gasteiger partial charge in [-0.2, -0.15) is 0 Å². The summed E-state index contributed by atoms with van der Waals surface area (Å²) in [6, 6.07) is 0. The first-order valence-electron chi connectivity index (χ1n) is 6.92. The van der Waals surface area contributed by atoms with Crippen molar-refractivity contribution in [2.75, 3.05) is 0 Å². The molecule has 0 aliphatic heterocycles. The lowest BCUT2D eigenvalue weighted by Gasteiger charge is -2.32. The molecule has 100 valence electrons. The van der Waals surface area contributed by atoms with Crippen molar-refractivity contribution in [2.45, 2.75) is 59.3 Å². The Bertz CT molecular complexity index is 373. The van der Waals surface area contributed by atoms with Crippen LogP contribution < -0.4 is 0 Å². The summed E-state index contributed by atoms with van der Waals surface area (Å²) in [4.78, 5) is 11.5. The predicted octanol–water partition coefficient (Wildman–Crippen LogP) is 4.99. The Kier molecular flexibility index (Phi) is 5.58. The molecule has 0 spiro atoms. The highest BCUT2D eigenvalue weighted by Gasteiger charge is 2.32. The van der Waals surface area contributed by atoms with Crippen molar-refractivity contribution in [2.24, 2.45) is 5.41 Å². The lowest BCUT2D eigenvalue weighted by molar-refractivity contribution is -0.116. The van der Waals surface area contributed by atoms with Crippen molar-refractivity contribution in [3.63, 3.8) is 0 Å². The van der Waals surface area contributed by atoms with E-state index in [1.54, 1.807) is 0 Å². The lowest BCUT2D eigenvalue weighted by atomic mass is 9.71. The normalized spacial score (nSPS) is 24.6. The van der Waals surface area contributed by atoms with Crippen LogP contribution in [0.1, 0.15) is 59.3 Å². The van der Waals surface area contributed by atoms with Gasteiger partial charge in [0, 0.05) is 5.41 Å². The van der Waals surface area contributed by atoms with Gasteiger partial charge in [0.05, 0.1) is 0 Å². The molecule has 0 fully saturated rings. The Morgan fingerprint density at radius 1 is 1.50 bits per heavy atom. The predicted molar refractivity (Wildman–Crippen MR) is 78.5 cm³/mol. The highest BCUT2D eigenvalue weighted by molar-refractivity contribution is 5.61. The highest BCUT2D eigenvalue weighted by Crippen LogP contribution is 2.40. The van der Waals surface area contributed by atoms with Crippen molar-refractivity contribution in [3.8, 4) is 0 Å². The average Bonchev–Trinajstić information content (AvgIpc) is 2.35. The molecule has 1 unspecified atom stereocenters. The molecule has 0 bridgehead atoms. The quantitative estimate of drug-likeness (QED) is 0.476. The van der Waals surface area contributed by atoms with Crippen LogP contribution >= 0.6 is 0 Å². The largest absolute Gasteiger partial charge is 0.303 e. The summed E-state index contributed by atoms with van der Waals surface area (Å²) in [7, 11) is 0. The number of carbonyl (C=O) groups is 1. The third-order valence-corrected chi connectivity index (χ3v) is 3.89. The minimum Gasteiger partial charge on any atom is -0.303 e. The average molecular weight is 246 g/mol. The van der Waals surface area contributed by atoms with Crippen LogP contribution in [0.25, 0.3) is 0 Å². The number of hydrogen-bond acceptors (Lipinski definition) is 1. The molecule has 0 N–H and O–H groups in total. The number of allylic oxidation sites excluding steroid dienone is 5. The van der Waals surface area contributed by atoms with E-state index in [1.165, 1.54) is 17.4 Å². The van der Waals surface area contributed by atoms with Crippen LogP contribution in [0.5, 0.6) is 0 Å². The highest BCUT2D eigenvalue weighted by atomic mass is 16.1. The van der Waals surface area contributed by atoms with E-state index >= 15 is 0 Å². The molecule has 0 aromatic rings. The molecule has 18 heavy (non-hydrogen) atoms. The first-order valence-corrected chi connectivity index (χ1v) is 6.92. The standard InChI is InChI=1S/C17H26O/c1-5-15(4)8-9-16-7-6-10-17(12-16,13-18)11-14(2)3/h5,7,13H,2,6,8-12H2,1,3-4H3. The van der Waals surface area contributed by atoms with Gasteiger partial charge in [0.25, 0.3) is 0 Å². The van der Waals surface area contributed by atoms with Crippen LogP contribution in [0.3, 0.4) is 0 Å². The van der Waals surface area contributed by atoms with Crippen LogP contribution in [0.2, 0.25) is 0 Å². The maximum absolute atomic E-state index is 11.5. The second-order valence-electron chi connectivity index (χ2n) is 5.83.